The number of carbonyl (C=O) groups excluding carboxylic acids is 1. The molecule has 1 unspecified atom stereocenters. The van der Waals surface area contributed by atoms with Crippen molar-refractivity contribution in [3.63, 3.8) is 0 Å². The molecule has 0 saturated carbocycles. The van der Waals surface area contributed by atoms with Gasteiger partial charge in [0.05, 0.1) is 37.4 Å². The molecule has 1 aromatic carbocycles. The van der Waals surface area contributed by atoms with Crippen LogP contribution in [0.15, 0.2) is 18.2 Å². The van der Waals surface area contributed by atoms with Crippen LogP contribution >= 0.6 is 0 Å². The molecule has 104 valence electrons. The zero-order chi connectivity index (χ0) is 14.2. The summed E-state index contributed by atoms with van der Waals surface area (Å²) in [5.74, 6) is -0.466. The first kappa shape index (κ1) is 13.7. The number of aliphatic hydroxyl groups excluding tert-OH is 1. The van der Waals surface area contributed by atoms with Gasteiger partial charge in [-0.3, -0.25) is 4.79 Å². The maximum atomic E-state index is 13.0. The van der Waals surface area contributed by atoms with Gasteiger partial charge in [-0.1, -0.05) is 0 Å². The van der Waals surface area contributed by atoms with E-state index < -0.39 is 23.8 Å². The van der Waals surface area contributed by atoms with Crippen LogP contribution in [0.5, 0.6) is 5.75 Å². The SMILES string of the molecule is COc1ccc(N2CC(O)CC2=O)c(C(F)(F)F)c1. The van der Waals surface area contributed by atoms with E-state index in [1.165, 1.54) is 19.2 Å². The van der Waals surface area contributed by atoms with Gasteiger partial charge in [-0.15, -0.1) is 0 Å². The lowest BCUT2D eigenvalue weighted by Gasteiger charge is -2.21. The second-order valence-electron chi connectivity index (χ2n) is 4.24. The fraction of sp³-hybridized carbons (Fsp3) is 0.417. The van der Waals surface area contributed by atoms with Gasteiger partial charge in [0.1, 0.15) is 5.75 Å². The summed E-state index contributed by atoms with van der Waals surface area (Å²) in [7, 11) is 1.26. The fourth-order valence-corrected chi connectivity index (χ4v) is 2.03. The summed E-state index contributed by atoms with van der Waals surface area (Å²) in [6, 6.07) is 3.37. The molecule has 1 saturated heterocycles. The Balaban J connectivity index is 2.48. The van der Waals surface area contributed by atoms with Crippen LogP contribution < -0.4 is 9.64 Å². The molecule has 0 bridgehead atoms. The average Bonchev–Trinajstić information content (AvgIpc) is 2.66. The molecule has 2 rings (SSSR count). The van der Waals surface area contributed by atoms with Crippen LogP contribution in [0.1, 0.15) is 12.0 Å². The van der Waals surface area contributed by atoms with Gasteiger partial charge in [0.25, 0.3) is 0 Å². The monoisotopic (exact) mass is 275 g/mol. The number of nitrogens with zero attached hydrogens (tertiary/aromatic N) is 1. The van der Waals surface area contributed by atoms with Gasteiger partial charge in [0.2, 0.25) is 5.91 Å². The largest absolute Gasteiger partial charge is 0.497 e. The number of alkyl halides is 3. The number of amides is 1. The van der Waals surface area contributed by atoms with Crippen LogP contribution in [0.25, 0.3) is 0 Å². The van der Waals surface area contributed by atoms with Crippen molar-refractivity contribution >= 4 is 11.6 Å². The third-order valence-electron chi connectivity index (χ3n) is 2.90. The third kappa shape index (κ3) is 2.65. The molecule has 1 aliphatic rings. The number of β-amino-alcohol motifs (C(OH)–C–C–N with tert-alkyl or cyclic N) is 1. The first-order valence-electron chi connectivity index (χ1n) is 5.56. The Hall–Kier alpha value is -1.76. The van der Waals surface area contributed by atoms with E-state index in [2.05, 4.69) is 0 Å². The van der Waals surface area contributed by atoms with Crippen LogP contribution in [0.2, 0.25) is 0 Å². The average molecular weight is 275 g/mol. The molecule has 0 aromatic heterocycles. The van der Waals surface area contributed by atoms with Crippen molar-refractivity contribution in [3.8, 4) is 5.75 Å². The molecular formula is C12H12F3NO3. The van der Waals surface area contributed by atoms with Gasteiger partial charge in [0.15, 0.2) is 0 Å². The Morgan fingerprint density at radius 3 is 2.58 bits per heavy atom. The number of hydrogen-bond donors (Lipinski definition) is 1. The van der Waals surface area contributed by atoms with E-state index in [9.17, 15) is 23.1 Å². The molecule has 0 spiro atoms. The van der Waals surface area contributed by atoms with Crippen molar-refractivity contribution in [3.05, 3.63) is 23.8 Å². The standard InChI is InChI=1S/C12H12F3NO3/c1-19-8-2-3-10(9(5-8)12(13,14)15)16-6-7(17)4-11(16)18/h2-3,5,7,17H,4,6H2,1H3. The highest BCUT2D eigenvalue weighted by Crippen LogP contribution is 2.39. The molecule has 1 N–H and O–H groups in total. The number of carbonyl (C=O) groups is 1. The molecule has 4 nitrogen and oxygen atoms in total. The quantitative estimate of drug-likeness (QED) is 0.895. The predicted octanol–water partition coefficient (Wildman–Crippen LogP) is 1.81. The van der Waals surface area contributed by atoms with Crippen LogP contribution in [0.3, 0.4) is 0 Å². The van der Waals surface area contributed by atoms with E-state index in [0.29, 0.717) is 0 Å². The lowest BCUT2D eigenvalue weighted by molar-refractivity contribution is -0.137. The molecular weight excluding hydrogens is 263 g/mol. The van der Waals surface area contributed by atoms with Crippen LogP contribution in [0, 0.1) is 0 Å². The number of rotatable bonds is 2. The normalized spacial score (nSPS) is 19.9. The van der Waals surface area contributed by atoms with E-state index in [0.717, 1.165) is 11.0 Å². The number of benzene rings is 1. The van der Waals surface area contributed by atoms with Gasteiger partial charge in [-0.05, 0) is 18.2 Å². The van der Waals surface area contributed by atoms with Crippen molar-refractivity contribution in [1.29, 1.82) is 0 Å². The molecule has 1 aromatic rings. The van der Waals surface area contributed by atoms with E-state index in [1.807, 2.05) is 0 Å². The predicted molar refractivity (Wildman–Crippen MR) is 61.0 cm³/mol. The summed E-state index contributed by atoms with van der Waals surface area (Å²) < 4.78 is 43.7. The Morgan fingerprint density at radius 2 is 2.11 bits per heavy atom. The Labute approximate surface area is 107 Å². The summed E-state index contributed by atoms with van der Waals surface area (Å²) in [4.78, 5) is 12.5. The van der Waals surface area contributed by atoms with Crippen molar-refractivity contribution in [2.75, 3.05) is 18.6 Å². The zero-order valence-electron chi connectivity index (χ0n) is 10.1. The number of ether oxygens (including phenoxy) is 1. The number of halogens is 3. The molecule has 7 heteroatoms. The van der Waals surface area contributed by atoms with E-state index in [4.69, 9.17) is 4.74 Å². The Kier molecular flexibility index (Phi) is 3.40. The Bertz CT molecular complexity index is 501. The molecule has 1 atom stereocenters. The van der Waals surface area contributed by atoms with Crippen molar-refractivity contribution in [2.45, 2.75) is 18.7 Å². The van der Waals surface area contributed by atoms with E-state index >= 15 is 0 Å². The zero-order valence-corrected chi connectivity index (χ0v) is 10.1. The smallest absolute Gasteiger partial charge is 0.418 e. The first-order chi connectivity index (χ1) is 8.82. The van der Waals surface area contributed by atoms with Crippen LogP contribution in [0.4, 0.5) is 18.9 Å². The van der Waals surface area contributed by atoms with Gasteiger partial charge in [-0.2, -0.15) is 13.2 Å². The lowest BCUT2D eigenvalue weighted by atomic mass is 10.1. The summed E-state index contributed by atoms with van der Waals surface area (Å²) in [5, 5.41) is 9.36. The Morgan fingerprint density at radius 1 is 1.42 bits per heavy atom. The van der Waals surface area contributed by atoms with Crippen LogP contribution in [-0.4, -0.2) is 30.8 Å². The van der Waals surface area contributed by atoms with E-state index in [1.54, 1.807) is 0 Å². The molecule has 0 radical (unpaired) electrons. The van der Waals surface area contributed by atoms with E-state index in [-0.39, 0.29) is 24.4 Å². The summed E-state index contributed by atoms with van der Waals surface area (Å²) in [5.41, 5.74) is -1.20. The molecule has 19 heavy (non-hydrogen) atoms. The van der Waals surface area contributed by atoms with Gasteiger partial charge >= 0.3 is 6.18 Å². The maximum Gasteiger partial charge on any atom is 0.418 e. The minimum Gasteiger partial charge on any atom is -0.497 e. The van der Waals surface area contributed by atoms with Gasteiger partial charge in [0, 0.05) is 0 Å². The lowest BCUT2D eigenvalue weighted by Crippen LogP contribution is -2.28. The van der Waals surface area contributed by atoms with Crippen molar-refractivity contribution in [1.82, 2.24) is 0 Å². The minimum absolute atomic E-state index is 0.0586. The highest BCUT2D eigenvalue weighted by atomic mass is 19.4. The summed E-state index contributed by atoms with van der Waals surface area (Å²) in [6.07, 6.45) is -5.70. The molecule has 1 aliphatic heterocycles. The molecule has 1 heterocycles. The second-order valence-corrected chi connectivity index (χ2v) is 4.24. The van der Waals surface area contributed by atoms with Gasteiger partial charge < -0.3 is 14.7 Å². The fourth-order valence-electron chi connectivity index (χ4n) is 2.03. The first-order valence-corrected chi connectivity index (χ1v) is 5.56. The van der Waals surface area contributed by atoms with Crippen molar-refractivity contribution < 1.29 is 27.8 Å². The summed E-state index contributed by atoms with van der Waals surface area (Å²) >= 11 is 0. The topological polar surface area (TPSA) is 49.8 Å². The highest BCUT2D eigenvalue weighted by molar-refractivity contribution is 5.97. The number of hydrogen-bond acceptors (Lipinski definition) is 3. The minimum atomic E-state index is -4.60. The highest BCUT2D eigenvalue weighted by Gasteiger charge is 2.39. The molecule has 1 fully saturated rings. The number of aliphatic hydroxyl groups is 1. The van der Waals surface area contributed by atoms with Crippen molar-refractivity contribution in [2.24, 2.45) is 0 Å². The number of anilines is 1. The third-order valence-corrected chi connectivity index (χ3v) is 2.90. The molecule has 0 aliphatic carbocycles. The molecule has 1 amide bonds. The maximum absolute atomic E-state index is 13.0. The van der Waals surface area contributed by atoms with Crippen LogP contribution in [-0.2, 0) is 11.0 Å². The van der Waals surface area contributed by atoms with Gasteiger partial charge in [-0.25, -0.2) is 0 Å². The summed E-state index contributed by atoms with van der Waals surface area (Å²) in [6.45, 7) is -0.131. The number of methoxy groups -OCH3 is 1. The second kappa shape index (κ2) is 4.73.